The molecule has 0 aliphatic carbocycles. The molecule has 0 bridgehead atoms. The minimum atomic E-state index is 0.427. The van der Waals surface area contributed by atoms with Crippen LogP contribution in [0.25, 0.3) is 0 Å². The van der Waals surface area contributed by atoms with Crippen LogP contribution in [0.2, 0.25) is 5.15 Å². The van der Waals surface area contributed by atoms with E-state index >= 15 is 0 Å². The van der Waals surface area contributed by atoms with Gasteiger partial charge in [0.2, 0.25) is 0 Å². The Hall–Kier alpha value is -0.830. The van der Waals surface area contributed by atoms with Gasteiger partial charge in [0.05, 0.1) is 12.4 Å². The maximum atomic E-state index is 5.64. The molecule has 0 radical (unpaired) electrons. The summed E-state index contributed by atoms with van der Waals surface area (Å²) in [6.07, 6.45) is 5.49. The van der Waals surface area contributed by atoms with Crippen molar-refractivity contribution in [2.75, 3.05) is 11.9 Å². The molecule has 0 spiro atoms. The van der Waals surface area contributed by atoms with Crippen molar-refractivity contribution in [3.8, 4) is 0 Å². The highest BCUT2D eigenvalue weighted by atomic mass is 35.5. The predicted octanol–water partition coefficient (Wildman–Crippen LogP) is 2.34. The molecule has 0 saturated carbocycles. The minimum Gasteiger partial charge on any atom is -0.369 e. The highest BCUT2D eigenvalue weighted by Crippen LogP contribution is 2.06. The summed E-state index contributed by atoms with van der Waals surface area (Å²) in [4.78, 5) is 7.94. The molecule has 66 valence electrons. The predicted molar refractivity (Wildman–Crippen MR) is 50.4 cm³/mol. The zero-order valence-electron chi connectivity index (χ0n) is 7.05. The largest absolute Gasteiger partial charge is 0.369 e. The normalized spacial score (nSPS) is 9.83. The Morgan fingerprint density at radius 1 is 1.50 bits per heavy atom. The summed E-state index contributed by atoms with van der Waals surface area (Å²) in [7, 11) is 0. The number of aromatic nitrogens is 2. The van der Waals surface area contributed by atoms with Crippen LogP contribution in [0.3, 0.4) is 0 Å². The summed E-state index contributed by atoms with van der Waals surface area (Å²) < 4.78 is 0. The summed E-state index contributed by atoms with van der Waals surface area (Å²) >= 11 is 5.64. The van der Waals surface area contributed by atoms with E-state index in [0.29, 0.717) is 5.15 Å². The summed E-state index contributed by atoms with van der Waals surface area (Å²) in [6, 6.07) is 0. The first-order chi connectivity index (χ1) is 5.83. The summed E-state index contributed by atoms with van der Waals surface area (Å²) in [6.45, 7) is 3.07. The monoisotopic (exact) mass is 185 g/mol. The van der Waals surface area contributed by atoms with Crippen LogP contribution in [0.1, 0.15) is 19.8 Å². The van der Waals surface area contributed by atoms with Crippen LogP contribution < -0.4 is 5.32 Å². The molecular formula is C8H12ClN3. The topological polar surface area (TPSA) is 37.8 Å². The van der Waals surface area contributed by atoms with Gasteiger partial charge >= 0.3 is 0 Å². The quantitative estimate of drug-likeness (QED) is 0.732. The number of anilines is 1. The van der Waals surface area contributed by atoms with E-state index < -0.39 is 0 Å². The van der Waals surface area contributed by atoms with Crippen LogP contribution in [0.5, 0.6) is 0 Å². The van der Waals surface area contributed by atoms with Gasteiger partial charge in [0.25, 0.3) is 0 Å². The van der Waals surface area contributed by atoms with Gasteiger partial charge in [0, 0.05) is 6.54 Å². The average Bonchev–Trinajstić information content (AvgIpc) is 2.05. The number of halogens is 1. The van der Waals surface area contributed by atoms with Crippen molar-refractivity contribution in [1.82, 2.24) is 9.97 Å². The van der Waals surface area contributed by atoms with Crippen molar-refractivity contribution < 1.29 is 0 Å². The van der Waals surface area contributed by atoms with Gasteiger partial charge in [-0.05, 0) is 6.42 Å². The Labute approximate surface area is 77.2 Å². The van der Waals surface area contributed by atoms with Crippen molar-refractivity contribution in [1.29, 1.82) is 0 Å². The van der Waals surface area contributed by atoms with Crippen molar-refractivity contribution in [3.63, 3.8) is 0 Å². The van der Waals surface area contributed by atoms with E-state index in [4.69, 9.17) is 11.6 Å². The molecule has 0 fully saturated rings. The molecule has 0 saturated heterocycles. The zero-order valence-corrected chi connectivity index (χ0v) is 7.80. The lowest BCUT2D eigenvalue weighted by molar-refractivity contribution is 0.830. The van der Waals surface area contributed by atoms with Crippen molar-refractivity contribution in [2.24, 2.45) is 0 Å². The number of nitrogens with one attached hydrogen (secondary N) is 1. The molecule has 12 heavy (non-hydrogen) atoms. The van der Waals surface area contributed by atoms with Gasteiger partial charge in [0.15, 0.2) is 0 Å². The van der Waals surface area contributed by atoms with Gasteiger partial charge in [-0.15, -0.1) is 0 Å². The van der Waals surface area contributed by atoms with Crippen LogP contribution in [-0.4, -0.2) is 16.5 Å². The second kappa shape index (κ2) is 4.93. The number of hydrogen-bond acceptors (Lipinski definition) is 3. The fourth-order valence-corrected chi connectivity index (χ4v) is 0.968. The van der Waals surface area contributed by atoms with Crippen LogP contribution in [0, 0.1) is 0 Å². The maximum Gasteiger partial charge on any atom is 0.149 e. The molecule has 1 aromatic rings. The second-order valence-corrected chi connectivity index (χ2v) is 2.89. The minimum absolute atomic E-state index is 0.427. The van der Waals surface area contributed by atoms with E-state index in [1.165, 1.54) is 12.6 Å². The number of rotatable bonds is 4. The number of nitrogens with zero attached hydrogens (tertiary/aromatic N) is 2. The molecule has 0 amide bonds. The average molecular weight is 186 g/mol. The lowest BCUT2D eigenvalue weighted by Gasteiger charge is -2.02. The van der Waals surface area contributed by atoms with E-state index in [0.717, 1.165) is 18.8 Å². The molecule has 0 unspecified atom stereocenters. The Morgan fingerprint density at radius 2 is 2.33 bits per heavy atom. The van der Waals surface area contributed by atoms with Gasteiger partial charge in [-0.3, -0.25) is 4.98 Å². The molecule has 0 aliphatic rings. The Kier molecular flexibility index (Phi) is 3.80. The van der Waals surface area contributed by atoms with Gasteiger partial charge < -0.3 is 5.32 Å². The van der Waals surface area contributed by atoms with Crippen LogP contribution in [-0.2, 0) is 0 Å². The van der Waals surface area contributed by atoms with Crippen molar-refractivity contribution in [3.05, 3.63) is 17.5 Å². The van der Waals surface area contributed by atoms with E-state index in [1.807, 2.05) is 0 Å². The molecule has 1 rings (SSSR count). The molecule has 1 aromatic heterocycles. The smallest absolute Gasteiger partial charge is 0.149 e. The molecule has 0 atom stereocenters. The molecule has 0 aliphatic heterocycles. The third-order valence-corrected chi connectivity index (χ3v) is 1.62. The molecule has 0 aromatic carbocycles. The van der Waals surface area contributed by atoms with E-state index in [1.54, 1.807) is 6.20 Å². The second-order valence-electron chi connectivity index (χ2n) is 2.51. The highest BCUT2D eigenvalue weighted by molar-refractivity contribution is 6.29. The lowest BCUT2D eigenvalue weighted by Crippen LogP contribution is -2.02. The molecule has 3 nitrogen and oxygen atoms in total. The number of unbranched alkanes of at least 4 members (excludes halogenated alkanes) is 1. The molecule has 4 heteroatoms. The van der Waals surface area contributed by atoms with Crippen molar-refractivity contribution >= 4 is 17.4 Å². The van der Waals surface area contributed by atoms with Gasteiger partial charge in [-0.1, -0.05) is 24.9 Å². The van der Waals surface area contributed by atoms with Gasteiger partial charge in [-0.25, -0.2) is 4.98 Å². The lowest BCUT2D eigenvalue weighted by atomic mass is 10.3. The first kappa shape index (κ1) is 9.26. The fraction of sp³-hybridized carbons (Fsp3) is 0.500. The fourth-order valence-electron chi connectivity index (χ4n) is 0.821. The Balaban J connectivity index is 2.41. The van der Waals surface area contributed by atoms with Crippen LogP contribution in [0.15, 0.2) is 12.4 Å². The standard InChI is InChI=1S/C8H12ClN3/c1-2-3-4-11-8-6-10-5-7(9)12-8/h5-6H,2-4H2,1H3,(H,11,12). The van der Waals surface area contributed by atoms with E-state index in [-0.39, 0.29) is 0 Å². The summed E-state index contributed by atoms with van der Waals surface area (Å²) in [5.41, 5.74) is 0. The van der Waals surface area contributed by atoms with E-state index in [2.05, 4.69) is 22.2 Å². The molecular weight excluding hydrogens is 174 g/mol. The molecule has 1 heterocycles. The van der Waals surface area contributed by atoms with Gasteiger partial charge in [0.1, 0.15) is 11.0 Å². The van der Waals surface area contributed by atoms with Crippen LogP contribution >= 0.6 is 11.6 Å². The number of hydrogen-bond donors (Lipinski definition) is 1. The third-order valence-electron chi connectivity index (χ3n) is 1.44. The molecule has 1 N–H and O–H groups in total. The van der Waals surface area contributed by atoms with Crippen LogP contribution in [0.4, 0.5) is 5.82 Å². The highest BCUT2D eigenvalue weighted by Gasteiger charge is 1.93. The third kappa shape index (κ3) is 3.05. The summed E-state index contributed by atoms with van der Waals surface area (Å²) in [5.74, 6) is 0.746. The van der Waals surface area contributed by atoms with Crippen molar-refractivity contribution in [2.45, 2.75) is 19.8 Å². The first-order valence-corrected chi connectivity index (χ1v) is 4.42. The van der Waals surface area contributed by atoms with Gasteiger partial charge in [-0.2, -0.15) is 0 Å². The maximum absolute atomic E-state index is 5.64. The first-order valence-electron chi connectivity index (χ1n) is 4.04. The Morgan fingerprint density at radius 3 is 3.00 bits per heavy atom. The summed E-state index contributed by atoms with van der Waals surface area (Å²) in [5, 5.41) is 3.56. The Bertz CT molecular complexity index is 239. The SMILES string of the molecule is CCCCNc1cncc(Cl)n1. The van der Waals surface area contributed by atoms with E-state index in [9.17, 15) is 0 Å². The zero-order chi connectivity index (χ0) is 8.81.